The second kappa shape index (κ2) is 15.7. The molecule has 0 aliphatic carbocycles. The van der Waals surface area contributed by atoms with Gasteiger partial charge in [-0.2, -0.15) is 8.42 Å². The zero-order valence-electron chi connectivity index (χ0n) is 18.4. The van der Waals surface area contributed by atoms with Crippen LogP contribution in [0.3, 0.4) is 0 Å². The molecule has 0 rings (SSSR count). The van der Waals surface area contributed by atoms with Gasteiger partial charge in [0.2, 0.25) is 0 Å². The monoisotopic (exact) mass is 408 g/mol. The van der Waals surface area contributed by atoms with Gasteiger partial charge in [0.15, 0.2) is 0 Å². The van der Waals surface area contributed by atoms with Crippen LogP contribution in [0.5, 0.6) is 0 Å². The van der Waals surface area contributed by atoms with Crippen molar-refractivity contribution < 1.29 is 22.5 Å². The Hall–Kier alpha value is -0.170. The molecule has 0 saturated heterocycles. The van der Waals surface area contributed by atoms with Crippen molar-refractivity contribution in [3.8, 4) is 0 Å². The van der Waals surface area contributed by atoms with Gasteiger partial charge in [-0.1, -0.05) is 84.0 Å². The molecule has 0 aromatic heterocycles. The number of unbranched alkanes of at least 4 members (excludes halogenated alkanes) is 13. The first-order chi connectivity index (χ1) is 12.7. The number of hydrogen-bond donors (Lipinski definition) is 1. The second-order valence-corrected chi connectivity index (χ2v) is 10.8. The zero-order valence-corrected chi connectivity index (χ0v) is 19.2. The zero-order chi connectivity index (χ0) is 20.6. The molecule has 27 heavy (non-hydrogen) atoms. The van der Waals surface area contributed by atoms with Crippen molar-refractivity contribution in [2.45, 2.75) is 109 Å². The van der Waals surface area contributed by atoms with Crippen LogP contribution in [0.2, 0.25) is 0 Å². The molecule has 0 aromatic carbocycles. The van der Waals surface area contributed by atoms with Crippen LogP contribution in [0.25, 0.3) is 0 Å². The van der Waals surface area contributed by atoms with Crippen molar-refractivity contribution in [1.29, 1.82) is 0 Å². The van der Waals surface area contributed by atoms with E-state index in [1.165, 1.54) is 83.5 Å². The molecular weight excluding hydrogens is 362 g/mol. The number of nitrogens with zero attached hydrogens (tertiary/aromatic N) is 1. The first-order valence-electron chi connectivity index (χ1n) is 11.1. The van der Waals surface area contributed by atoms with Gasteiger partial charge in [0.25, 0.3) is 0 Å². The molecule has 0 saturated carbocycles. The minimum atomic E-state index is -3.85. The van der Waals surface area contributed by atoms with E-state index in [1.807, 2.05) is 14.1 Å². The van der Waals surface area contributed by atoms with E-state index in [0.717, 1.165) is 13.0 Å². The summed E-state index contributed by atoms with van der Waals surface area (Å²) in [7, 11) is 0.217. The average Bonchev–Trinajstić information content (AvgIpc) is 2.61. The quantitative estimate of drug-likeness (QED) is 0.128. The van der Waals surface area contributed by atoms with Gasteiger partial charge in [-0.25, -0.2) is 5.26 Å². The van der Waals surface area contributed by atoms with E-state index in [4.69, 9.17) is 5.26 Å². The standard InChI is InChI=1S/C21H45NO4S/c1-5-6-7-8-9-10-11-12-13-14-15-16-17-18-19-22(3,4)20-21(2)27(24,25)26-23/h21H,5-20H2,1-4H3/p+1. The predicted octanol–water partition coefficient (Wildman–Crippen LogP) is 5.75. The van der Waals surface area contributed by atoms with Gasteiger partial charge in [-0.15, -0.1) is 4.33 Å². The maximum atomic E-state index is 11.5. The van der Waals surface area contributed by atoms with Crippen molar-refractivity contribution in [2.75, 3.05) is 27.2 Å². The summed E-state index contributed by atoms with van der Waals surface area (Å²) in [5.41, 5.74) is 0. The Labute approximate surface area is 169 Å². The smallest absolute Gasteiger partial charge is 0.301 e. The molecule has 0 heterocycles. The lowest BCUT2D eigenvalue weighted by Crippen LogP contribution is -2.47. The summed E-state index contributed by atoms with van der Waals surface area (Å²) >= 11 is 0. The van der Waals surface area contributed by atoms with E-state index in [1.54, 1.807) is 6.92 Å². The van der Waals surface area contributed by atoms with Gasteiger partial charge >= 0.3 is 10.1 Å². The van der Waals surface area contributed by atoms with Gasteiger partial charge in [-0.05, 0) is 19.8 Å². The third kappa shape index (κ3) is 15.4. The molecule has 0 amide bonds. The van der Waals surface area contributed by atoms with Crippen LogP contribution in [-0.2, 0) is 14.5 Å². The highest BCUT2D eigenvalue weighted by molar-refractivity contribution is 7.87. The highest BCUT2D eigenvalue weighted by atomic mass is 32.2. The molecule has 6 heteroatoms. The van der Waals surface area contributed by atoms with Crippen LogP contribution >= 0.6 is 0 Å². The second-order valence-electron chi connectivity index (χ2n) is 8.82. The molecule has 0 aliphatic heterocycles. The van der Waals surface area contributed by atoms with Gasteiger partial charge < -0.3 is 4.48 Å². The van der Waals surface area contributed by atoms with E-state index in [9.17, 15) is 8.42 Å². The molecule has 0 aromatic rings. The van der Waals surface area contributed by atoms with Crippen molar-refractivity contribution in [1.82, 2.24) is 0 Å². The van der Waals surface area contributed by atoms with E-state index in [0.29, 0.717) is 11.0 Å². The average molecular weight is 409 g/mol. The van der Waals surface area contributed by atoms with Crippen LogP contribution in [-0.4, -0.2) is 50.6 Å². The normalized spacial score (nSPS) is 13.8. The van der Waals surface area contributed by atoms with Crippen LogP contribution in [0.4, 0.5) is 0 Å². The van der Waals surface area contributed by atoms with Crippen LogP contribution in [0.15, 0.2) is 0 Å². The Morgan fingerprint density at radius 2 is 1.15 bits per heavy atom. The van der Waals surface area contributed by atoms with Crippen molar-refractivity contribution in [3.63, 3.8) is 0 Å². The Morgan fingerprint density at radius 1 is 0.778 bits per heavy atom. The Bertz CT molecular complexity index is 437. The fraction of sp³-hybridized carbons (Fsp3) is 1.00. The van der Waals surface area contributed by atoms with E-state index in [2.05, 4.69) is 11.3 Å². The number of quaternary nitrogens is 1. The van der Waals surface area contributed by atoms with E-state index >= 15 is 0 Å². The lowest BCUT2D eigenvalue weighted by molar-refractivity contribution is -0.890. The highest BCUT2D eigenvalue weighted by Crippen LogP contribution is 2.14. The summed E-state index contributed by atoms with van der Waals surface area (Å²) in [6.45, 7) is 5.24. The molecule has 5 nitrogen and oxygen atoms in total. The summed E-state index contributed by atoms with van der Waals surface area (Å²) in [6, 6.07) is 0. The lowest BCUT2D eigenvalue weighted by Gasteiger charge is -2.31. The number of hydrogen-bond acceptors (Lipinski definition) is 4. The van der Waals surface area contributed by atoms with Gasteiger partial charge in [0.1, 0.15) is 5.25 Å². The van der Waals surface area contributed by atoms with Gasteiger partial charge in [0.05, 0.1) is 27.2 Å². The SMILES string of the molecule is CCCCCCCCCCCCCCCC[N+](C)(C)CC(C)S(=O)(=O)OO. The van der Waals surface area contributed by atoms with Gasteiger partial charge in [0, 0.05) is 0 Å². The largest absolute Gasteiger partial charge is 0.327 e. The molecule has 1 atom stereocenters. The first-order valence-corrected chi connectivity index (χ1v) is 12.6. The predicted molar refractivity (Wildman–Crippen MR) is 114 cm³/mol. The van der Waals surface area contributed by atoms with E-state index < -0.39 is 15.4 Å². The van der Waals surface area contributed by atoms with Crippen LogP contribution in [0.1, 0.15) is 104 Å². The molecule has 1 N–H and O–H groups in total. The first kappa shape index (κ1) is 26.8. The fourth-order valence-corrected chi connectivity index (χ4v) is 4.42. The van der Waals surface area contributed by atoms with Gasteiger partial charge in [-0.3, -0.25) is 0 Å². The third-order valence-corrected chi connectivity index (χ3v) is 6.81. The Kier molecular flexibility index (Phi) is 15.6. The highest BCUT2D eigenvalue weighted by Gasteiger charge is 2.29. The molecule has 0 spiro atoms. The fourth-order valence-electron chi connectivity index (χ4n) is 3.69. The van der Waals surface area contributed by atoms with Crippen molar-refractivity contribution in [3.05, 3.63) is 0 Å². The minimum Gasteiger partial charge on any atom is -0.327 e. The molecule has 1 unspecified atom stereocenters. The summed E-state index contributed by atoms with van der Waals surface area (Å²) in [6.07, 6.45) is 18.8. The number of rotatable bonds is 19. The molecular formula is C21H46NO4S+. The third-order valence-electron chi connectivity index (χ3n) is 5.47. The van der Waals surface area contributed by atoms with Crippen LogP contribution < -0.4 is 0 Å². The molecule has 0 radical (unpaired) electrons. The van der Waals surface area contributed by atoms with E-state index in [-0.39, 0.29) is 0 Å². The van der Waals surface area contributed by atoms with Crippen LogP contribution in [0, 0.1) is 0 Å². The summed E-state index contributed by atoms with van der Waals surface area (Å²) in [5, 5.41) is 7.77. The summed E-state index contributed by atoms with van der Waals surface area (Å²) < 4.78 is 27.3. The summed E-state index contributed by atoms with van der Waals surface area (Å²) in [5.74, 6) is 0. The van der Waals surface area contributed by atoms with Crippen molar-refractivity contribution >= 4 is 10.1 Å². The maximum Gasteiger partial charge on any atom is 0.301 e. The topological polar surface area (TPSA) is 63.6 Å². The lowest BCUT2D eigenvalue weighted by atomic mass is 10.0. The molecule has 164 valence electrons. The molecule has 0 fully saturated rings. The molecule has 0 bridgehead atoms. The Balaban J connectivity index is 3.53. The molecule has 0 aliphatic rings. The van der Waals surface area contributed by atoms with Crippen molar-refractivity contribution in [2.24, 2.45) is 0 Å². The Morgan fingerprint density at radius 3 is 1.52 bits per heavy atom. The summed E-state index contributed by atoms with van der Waals surface area (Å²) in [4.78, 5) is 0. The minimum absolute atomic E-state index is 0.446. The maximum absolute atomic E-state index is 11.5.